The van der Waals surface area contributed by atoms with Crippen LogP contribution in [-0.2, 0) is 0 Å². The topological polar surface area (TPSA) is 94.1 Å². The molecule has 2 aromatic rings. The molecule has 1 saturated carbocycles. The molecule has 7 nitrogen and oxygen atoms in total. The van der Waals surface area contributed by atoms with E-state index in [9.17, 15) is 10.1 Å². The molecule has 1 aromatic carbocycles. The Kier molecular flexibility index (Phi) is 3.66. The van der Waals surface area contributed by atoms with Gasteiger partial charge in [-0.1, -0.05) is 23.7 Å². The van der Waals surface area contributed by atoms with Gasteiger partial charge in [-0.25, -0.2) is 0 Å². The van der Waals surface area contributed by atoms with Crippen LogP contribution in [0.15, 0.2) is 28.8 Å². The molecule has 1 N–H and O–H groups in total. The first-order valence-electron chi connectivity index (χ1n) is 6.95. The van der Waals surface area contributed by atoms with E-state index >= 15 is 0 Å². The lowest BCUT2D eigenvalue weighted by molar-refractivity contribution is -0.384. The molecule has 1 aliphatic rings. The summed E-state index contributed by atoms with van der Waals surface area (Å²) in [7, 11) is 1.92. The number of nitro benzene ring substituents is 1. The molecule has 110 valence electrons. The van der Waals surface area contributed by atoms with E-state index in [1.807, 2.05) is 7.05 Å². The van der Waals surface area contributed by atoms with Gasteiger partial charge in [-0.05, 0) is 26.0 Å². The monoisotopic (exact) mass is 288 g/mol. The average molecular weight is 288 g/mol. The van der Waals surface area contributed by atoms with E-state index in [2.05, 4.69) is 15.5 Å². The molecule has 7 heteroatoms. The Labute approximate surface area is 121 Å². The second-order valence-electron chi connectivity index (χ2n) is 5.16. The van der Waals surface area contributed by atoms with E-state index in [0.717, 1.165) is 19.3 Å². The van der Waals surface area contributed by atoms with Crippen LogP contribution in [0.3, 0.4) is 0 Å². The number of nitro groups is 1. The van der Waals surface area contributed by atoms with Crippen molar-refractivity contribution >= 4 is 5.69 Å². The fraction of sp³-hybridized carbons (Fsp3) is 0.429. The van der Waals surface area contributed by atoms with E-state index in [4.69, 9.17) is 4.52 Å². The highest BCUT2D eigenvalue weighted by molar-refractivity contribution is 5.67. The minimum atomic E-state index is -0.433. The van der Waals surface area contributed by atoms with Gasteiger partial charge in [-0.2, -0.15) is 4.98 Å². The SMILES string of the molecule is CNC1CCCC1c1nc(-c2ccccc2[N+](=O)[O-])no1. The third-order valence-corrected chi connectivity index (χ3v) is 3.99. The van der Waals surface area contributed by atoms with E-state index < -0.39 is 4.92 Å². The minimum absolute atomic E-state index is 0.0126. The molecule has 1 heterocycles. The largest absolute Gasteiger partial charge is 0.339 e. The quantitative estimate of drug-likeness (QED) is 0.686. The maximum atomic E-state index is 11.1. The molecule has 21 heavy (non-hydrogen) atoms. The highest BCUT2D eigenvalue weighted by Gasteiger charge is 2.32. The molecule has 0 radical (unpaired) electrons. The van der Waals surface area contributed by atoms with Crippen LogP contribution in [0.5, 0.6) is 0 Å². The first kappa shape index (κ1) is 13.7. The van der Waals surface area contributed by atoms with E-state index in [1.165, 1.54) is 6.07 Å². The van der Waals surface area contributed by atoms with Crippen molar-refractivity contribution in [2.75, 3.05) is 7.05 Å². The van der Waals surface area contributed by atoms with Crippen LogP contribution in [0.1, 0.15) is 31.1 Å². The summed E-state index contributed by atoms with van der Waals surface area (Å²) in [5.41, 5.74) is 0.373. The molecular weight excluding hydrogens is 272 g/mol. The number of nitrogens with zero attached hydrogens (tertiary/aromatic N) is 3. The third-order valence-electron chi connectivity index (χ3n) is 3.99. The number of aromatic nitrogens is 2. The second kappa shape index (κ2) is 5.61. The highest BCUT2D eigenvalue weighted by Crippen LogP contribution is 2.35. The summed E-state index contributed by atoms with van der Waals surface area (Å²) in [5.74, 6) is 1.01. The van der Waals surface area contributed by atoms with Gasteiger partial charge in [0.05, 0.1) is 10.8 Å². The lowest BCUT2D eigenvalue weighted by Gasteiger charge is -2.14. The fourth-order valence-electron chi connectivity index (χ4n) is 2.92. The standard InChI is InChI=1S/C14H16N4O3/c1-15-11-7-4-6-9(11)14-16-13(17-21-14)10-5-2-3-8-12(10)18(19)20/h2-3,5,8-9,11,15H,4,6-7H2,1H3. The van der Waals surface area contributed by atoms with Crippen LogP contribution in [0.4, 0.5) is 5.69 Å². The molecule has 3 rings (SSSR count). The first-order valence-corrected chi connectivity index (χ1v) is 6.95. The third kappa shape index (κ3) is 2.52. The van der Waals surface area contributed by atoms with Gasteiger partial charge in [0.2, 0.25) is 11.7 Å². The smallest absolute Gasteiger partial charge is 0.280 e. The van der Waals surface area contributed by atoms with Crippen molar-refractivity contribution in [1.82, 2.24) is 15.5 Å². The van der Waals surface area contributed by atoms with Crippen LogP contribution in [0, 0.1) is 10.1 Å². The van der Waals surface area contributed by atoms with Crippen molar-refractivity contribution in [3.8, 4) is 11.4 Å². The van der Waals surface area contributed by atoms with Crippen LogP contribution >= 0.6 is 0 Å². The average Bonchev–Trinajstić information content (AvgIpc) is 3.15. The predicted molar refractivity (Wildman–Crippen MR) is 75.8 cm³/mol. The number of benzene rings is 1. The Morgan fingerprint density at radius 1 is 1.38 bits per heavy atom. The Balaban J connectivity index is 1.94. The summed E-state index contributed by atoms with van der Waals surface area (Å²) in [4.78, 5) is 15.0. The number of rotatable bonds is 4. The van der Waals surface area contributed by atoms with Crippen LogP contribution in [0.2, 0.25) is 0 Å². The van der Waals surface area contributed by atoms with Crippen LogP contribution in [0.25, 0.3) is 11.4 Å². The molecule has 0 amide bonds. The Morgan fingerprint density at radius 2 is 2.19 bits per heavy atom. The van der Waals surface area contributed by atoms with Crippen LogP contribution < -0.4 is 5.32 Å². The molecule has 0 aliphatic heterocycles. The Bertz CT molecular complexity index is 655. The van der Waals surface area contributed by atoms with E-state index in [0.29, 0.717) is 17.5 Å². The summed E-state index contributed by atoms with van der Waals surface area (Å²) >= 11 is 0. The Hall–Kier alpha value is -2.28. The summed E-state index contributed by atoms with van der Waals surface area (Å²) in [6.45, 7) is 0. The molecule has 0 bridgehead atoms. The number of hydrogen-bond donors (Lipinski definition) is 1. The zero-order valence-corrected chi connectivity index (χ0v) is 11.7. The molecule has 0 spiro atoms. The van der Waals surface area contributed by atoms with E-state index in [-0.39, 0.29) is 17.4 Å². The lowest BCUT2D eigenvalue weighted by atomic mass is 10.0. The molecule has 1 fully saturated rings. The van der Waals surface area contributed by atoms with Crippen molar-refractivity contribution in [2.45, 2.75) is 31.2 Å². The Morgan fingerprint density at radius 3 is 2.95 bits per heavy atom. The maximum absolute atomic E-state index is 11.1. The second-order valence-corrected chi connectivity index (χ2v) is 5.16. The minimum Gasteiger partial charge on any atom is -0.339 e. The zero-order valence-electron chi connectivity index (χ0n) is 11.7. The van der Waals surface area contributed by atoms with Gasteiger partial charge in [-0.15, -0.1) is 0 Å². The molecule has 1 aromatic heterocycles. The maximum Gasteiger partial charge on any atom is 0.280 e. The normalized spacial score (nSPS) is 21.6. The van der Waals surface area contributed by atoms with Gasteiger partial charge >= 0.3 is 0 Å². The summed E-state index contributed by atoms with van der Waals surface area (Å²) in [6, 6.07) is 6.75. The van der Waals surface area contributed by atoms with Gasteiger partial charge in [0, 0.05) is 12.1 Å². The van der Waals surface area contributed by atoms with Crippen molar-refractivity contribution in [1.29, 1.82) is 0 Å². The van der Waals surface area contributed by atoms with Crippen LogP contribution in [-0.4, -0.2) is 28.2 Å². The molecule has 2 unspecified atom stereocenters. The number of para-hydroxylation sites is 1. The van der Waals surface area contributed by atoms with Gasteiger partial charge in [-0.3, -0.25) is 10.1 Å². The summed E-state index contributed by atoms with van der Waals surface area (Å²) in [6.07, 6.45) is 3.17. The predicted octanol–water partition coefficient (Wildman–Crippen LogP) is 2.50. The number of likely N-dealkylation sites (N-methyl/N-ethyl adjacent to an activating group) is 1. The fourth-order valence-corrected chi connectivity index (χ4v) is 2.92. The molecule has 0 saturated heterocycles. The van der Waals surface area contributed by atoms with Gasteiger partial charge in [0.15, 0.2) is 0 Å². The van der Waals surface area contributed by atoms with Gasteiger partial charge in [0.1, 0.15) is 5.56 Å². The highest BCUT2D eigenvalue weighted by atomic mass is 16.6. The molecule has 1 aliphatic carbocycles. The first-order chi connectivity index (χ1) is 10.2. The van der Waals surface area contributed by atoms with Crippen molar-refractivity contribution in [3.63, 3.8) is 0 Å². The zero-order chi connectivity index (χ0) is 14.8. The molecular formula is C14H16N4O3. The lowest BCUT2D eigenvalue weighted by Crippen LogP contribution is -2.27. The van der Waals surface area contributed by atoms with Crippen molar-refractivity contribution < 1.29 is 9.45 Å². The summed E-state index contributed by atoms with van der Waals surface area (Å²) in [5, 5.41) is 18.2. The van der Waals surface area contributed by atoms with Crippen molar-refractivity contribution in [2.24, 2.45) is 0 Å². The number of nitrogens with one attached hydrogen (secondary N) is 1. The summed E-state index contributed by atoms with van der Waals surface area (Å²) < 4.78 is 5.35. The van der Waals surface area contributed by atoms with E-state index in [1.54, 1.807) is 18.2 Å². The van der Waals surface area contributed by atoms with Crippen molar-refractivity contribution in [3.05, 3.63) is 40.3 Å². The van der Waals surface area contributed by atoms with Gasteiger partial charge < -0.3 is 9.84 Å². The molecule has 2 atom stereocenters. The van der Waals surface area contributed by atoms with Gasteiger partial charge in [0.25, 0.3) is 5.69 Å². The number of hydrogen-bond acceptors (Lipinski definition) is 6.